The molecule has 1 atom stereocenters. The molecule has 0 aromatic carbocycles. The molecule has 0 bridgehead atoms. The van der Waals surface area contributed by atoms with Crippen molar-refractivity contribution in [3.05, 3.63) is 22.5 Å². The normalized spacial score (nSPS) is 18.5. The number of hydrogen-bond donors (Lipinski definition) is 3. The predicted octanol–water partition coefficient (Wildman–Crippen LogP) is 1.96. The van der Waals surface area contributed by atoms with Gasteiger partial charge in [-0.3, -0.25) is 4.79 Å². The van der Waals surface area contributed by atoms with Crippen LogP contribution in [-0.2, 0) is 0 Å². The number of aryl methyl sites for hydroxylation is 1. The van der Waals surface area contributed by atoms with E-state index >= 15 is 0 Å². The lowest BCUT2D eigenvalue weighted by molar-refractivity contribution is 0.0690. The van der Waals surface area contributed by atoms with E-state index in [2.05, 4.69) is 10.3 Å². The Bertz CT molecular complexity index is 504. The van der Waals surface area contributed by atoms with Crippen molar-refractivity contribution in [2.45, 2.75) is 31.9 Å². The molecule has 1 aromatic heterocycles. The molecule has 1 saturated heterocycles. The number of hydrogen-bond acceptors (Lipinski definition) is 3. The van der Waals surface area contributed by atoms with Gasteiger partial charge in [-0.2, -0.15) is 11.8 Å². The number of aromatic carboxylic acids is 1. The molecule has 6 heteroatoms. The van der Waals surface area contributed by atoms with Crippen LogP contribution in [0.25, 0.3) is 0 Å². The number of carboxylic acids is 1. The van der Waals surface area contributed by atoms with Gasteiger partial charge in [-0.05, 0) is 38.0 Å². The van der Waals surface area contributed by atoms with E-state index in [4.69, 9.17) is 5.11 Å². The van der Waals surface area contributed by atoms with Gasteiger partial charge in [0.2, 0.25) is 0 Å². The quantitative estimate of drug-likeness (QED) is 0.788. The molecule has 0 radical (unpaired) electrons. The van der Waals surface area contributed by atoms with Crippen LogP contribution >= 0.6 is 11.8 Å². The molecule has 1 aliphatic heterocycles. The van der Waals surface area contributed by atoms with Gasteiger partial charge >= 0.3 is 5.97 Å². The minimum atomic E-state index is -1.04. The maximum Gasteiger partial charge on any atom is 0.352 e. The van der Waals surface area contributed by atoms with E-state index in [1.54, 1.807) is 13.8 Å². The molecule has 0 spiro atoms. The van der Waals surface area contributed by atoms with Crippen molar-refractivity contribution >= 4 is 23.6 Å². The van der Waals surface area contributed by atoms with E-state index in [9.17, 15) is 9.59 Å². The number of carbonyl (C=O) groups excluding carboxylic acids is 1. The van der Waals surface area contributed by atoms with Crippen LogP contribution < -0.4 is 5.32 Å². The van der Waals surface area contributed by atoms with Crippen molar-refractivity contribution < 1.29 is 14.7 Å². The van der Waals surface area contributed by atoms with Gasteiger partial charge in [0.25, 0.3) is 5.91 Å². The van der Waals surface area contributed by atoms with Crippen LogP contribution in [0.15, 0.2) is 0 Å². The lowest BCUT2D eigenvalue weighted by Crippen LogP contribution is -2.30. The summed E-state index contributed by atoms with van der Waals surface area (Å²) < 4.78 is 0. The highest BCUT2D eigenvalue weighted by Crippen LogP contribution is 2.25. The zero-order chi connectivity index (χ0) is 14.0. The number of amides is 1. The van der Waals surface area contributed by atoms with Crippen molar-refractivity contribution in [1.82, 2.24) is 10.3 Å². The lowest BCUT2D eigenvalue weighted by Gasteiger charge is -2.10. The summed E-state index contributed by atoms with van der Waals surface area (Å²) in [5.74, 6) is -0.0661. The molecule has 2 rings (SSSR count). The summed E-state index contributed by atoms with van der Waals surface area (Å²) in [5, 5.41) is 12.4. The Hall–Kier alpha value is -1.43. The Morgan fingerprint density at radius 2 is 2.21 bits per heavy atom. The fourth-order valence-electron chi connectivity index (χ4n) is 2.40. The number of thioether (sulfide) groups is 1. The fourth-order valence-corrected chi connectivity index (χ4v) is 3.61. The first-order chi connectivity index (χ1) is 9.00. The van der Waals surface area contributed by atoms with Crippen molar-refractivity contribution in [2.24, 2.45) is 0 Å². The highest BCUT2D eigenvalue weighted by molar-refractivity contribution is 8.00. The highest BCUT2D eigenvalue weighted by atomic mass is 32.2. The molecule has 1 unspecified atom stereocenters. The van der Waals surface area contributed by atoms with Gasteiger partial charge in [0.1, 0.15) is 5.69 Å². The second kappa shape index (κ2) is 5.69. The highest BCUT2D eigenvalue weighted by Gasteiger charge is 2.22. The van der Waals surface area contributed by atoms with Gasteiger partial charge in [-0.25, -0.2) is 4.79 Å². The topological polar surface area (TPSA) is 82.2 Å². The third-order valence-corrected chi connectivity index (χ3v) is 4.79. The molecule has 2 heterocycles. The second-order valence-electron chi connectivity index (χ2n) is 4.78. The zero-order valence-corrected chi connectivity index (χ0v) is 11.9. The summed E-state index contributed by atoms with van der Waals surface area (Å²) in [6, 6.07) is 0. The molecule has 5 nitrogen and oxygen atoms in total. The first-order valence-electron chi connectivity index (χ1n) is 6.33. The Labute approximate surface area is 116 Å². The van der Waals surface area contributed by atoms with Crippen LogP contribution in [0, 0.1) is 13.8 Å². The monoisotopic (exact) mass is 282 g/mol. The van der Waals surface area contributed by atoms with E-state index < -0.39 is 5.97 Å². The van der Waals surface area contributed by atoms with Crippen LogP contribution in [0.5, 0.6) is 0 Å². The van der Waals surface area contributed by atoms with E-state index in [1.165, 1.54) is 6.42 Å². The largest absolute Gasteiger partial charge is 0.477 e. The van der Waals surface area contributed by atoms with Crippen molar-refractivity contribution in [2.75, 3.05) is 12.3 Å². The second-order valence-corrected chi connectivity index (χ2v) is 6.18. The number of aromatic nitrogens is 1. The van der Waals surface area contributed by atoms with E-state index in [1.807, 2.05) is 11.8 Å². The average molecular weight is 282 g/mol. The van der Waals surface area contributed by atoms with Crippen LogP contribution in [0.1, 0.15) is 44.9 Å². The smallest absolute Gasteiger partial charge is 0.352 e. The first-order valence-corrected chi connectivity index (χ1v) is 7.38. The summed E-state index contributed by atoms with van der Waals surface area (Å²) in [6.07, 6.45) is 2.34. The summed E-state index contributed by atoms with van der Waals surface area (Å²) in [5.41, 5.74) is 1.66. The van der Waals surface area contributed by atoms with Crippen LogP contribution in [0.2, 0.25) is 0 Å². The number of H-pyrrole nitrogens is 1. The number of carbonyl (C=O) groups is 2. The van der Waals surface area contributed by atoms with Crippen LogP contribution in [0.4, 0.5) is 0 Å². The third kappa shape index (κ3) is 2.94. The minimum absolute atomic E-state index is 0.0953. The summed E-state index contributed by atoms with van der Waals surface area (Å²) in [7, 11) is 0. The molecular weight excluding hydrogens is 264 g/mol. The molecule has 1 aromatic rings. The first kappa shape index (κ1) is 14.0. The molecule has 1 aliphatic rings. The number of rotatable bonds is 4. The zero-order valence-electron chi connectivity index (χ0n) is 11.1. The number of carboxylic acid groups (broad SMARTS) is 1. The molecule has 3 N–H and O–H groups in total. The standard InChI is InChI=1S/C13H18N2O3S/c1-7-10(8(2)15-11(7)13(17)18)12(16)14-6-9-4-3-5-19-9/h9,15H,3-6H2,1-2H3,(H,14,16)(H,17,18). The van der Waals surface area contributed by atoms with Gasteiger partial charge in [0, 0.05) is 17.5 Å². The summed E-state index contributed by atoms with van der Waals surface area (Å²) in [6.45, 7) is 4.03. The summed E-state index contributed by atoms with van der Waals surface area (Å²) >= 11 is 1.88. The van der Waals surface area contributed by atoms with Gasteiger partial charge in [-0.1, -0.05) is 0 Å². The van der Waals surface area contributed by atoms with Crippen LogP contribution in [-0.4, -0.2) is 39.5 Å². The fraction of sp³-hybridized carbons (Fsp3) is 0.538. The molecule has 104 valence electrons. The van der Waals surface area contributed by atoms with E-state index in [-0.39, 0.29) is 11.6 Å². The summed E-state index contributed by atoms with van der Waals surface area (Å²) in [4.78, 5) is 25.9. The molecule has 1 fully saturated rings. The maximum atomic E-state index is 12.1. The predicted molar refractivity (Wildman–Crippen MR) is 75.0 cm³/mol. The molecule has 19 heavy (non-hydrogen) atoms. The van der Waals surface area contributed by atoms with Crippen LogP contribution in [0.3, 0.4) is 0 Å². The molecular formula is C13H18N2O3S. The van der Waals surface area contributed by atoms with E-state index in [0.717, 1.165) is 12.2 Å². The molecule has 1 amide bonds. The minimum Gasteiger partial charge on any atom is -0.477 e. The molecule has 0 aliphatic carbocycles. The van der Waals surface area contributed by atoms with Gasteiger partial charge in [0.05, 0.1) is 5.56 Å². The molecule has 0 saturated carbocycles. The van der Waals surface area contributed by atoms with Crippen molar-refractivity contribution in [3.63, 3.8) is 0 Å². The Kier molecular flexibility index (Phi) is 4.19. The van der Waals surface area contributed by atoms with Crippen molar-refractivity contribution in [1.29, 1.82) is 0 Å². The van der Waals surface area contributed by atoms with Gasteiger partial charge in [-0.15, -0.1) is 0 Å². The lowest BCUT2D eigenvalue weighted by atomic mass is 10.1. The number of aromatic amines is 1. The number of nitrogens with one attached hydrogen (secondary N) is 2. The SMILES string of the molecule is Cc1[nH]c(C(=O)O)c(C)c1C(=O)NCC1CCCS1. The Balaban J connectivity index is 2.08. The third-order valence-electron chi connectivity index (χ3n) is 3.39. The van der Waals surface area contributed by atoms with Gasteiger partial charge in [0.15, 0.2) is 0 Å². The Morgan fingerprint density at radius 1 is 1.47 bits per heavy atom. The Morgan fingerprint density at radius 3 is 2.74 bits per heavy atom. The van der Waals surface area contributed by atoms with Crippen molar-refractivity contribution in [3.8, 4) is 0 Å². The average Bonchev–Trinajstić information content (AvgIpc) is 2.94. The van der Waals surface area contributed by atoms with Gasteiger partial charge < -0.3 is 15.4 Å². The maximum absolute atomic E-state index is 12.1. The van der Waals surface area contributed by atoms with E-state index in [0.29, 0.717) is 28.6 Å².